The van der Waals surface area contributed by atoms with E-state index in [9.17, 15) is 28.0 Å². The molecule has 5 nitrogen and oxygen atoms in total. The zero-order chi connectivity index (χ0) is 18.4. The van der Waals surface area contributed by atoms with Crippen molar-refractivity contribution in [3.63, 3.8) is 0 Å². The largest absolute Gasteiger partial charge is 0.480 e. The van der Waals surface area contributed by atoms with E-state index in [4.69, 9.17) is 0 Å². The Hall–Kier alpha value is -2.72. The Morgan fingerprint density at radius 1 is 1.16 bits per heavy atom. The molecular formula is C18H14FNO4S. The fraction of sp³-hybridized carbons (Fsp3) is 0.222. The zero-order valence-electron chi connectivity index (χ0n) is 13.2. The molecular weight excluding hydrogens is 345 g/mol. The van der Waals surface area contributed by atoms with Gasteiger partial charge < -0.3 is 5.11 Å². The van der Waals surface area contributed by atoms with Crippen LogP contribution in [0, 0.1) is 29.5 Å². The van der Waals surface area contributed by atoms with E-state index < -0.39 is 38.2 Å². The first-order valence-electron chi connectivity index (χ1n) is 7.46. The molecule has 1 saturated carbocycles. The molecule has 1 fully saturated rings. The van der Waals surface area contributed by atoms with Crippen LogP contribution in [-0.4, -0.2) is 24.7 Å². The van der Waals surface area contributed by atoms with E-state index in [1.54, 1.807) is 25.1 Å². The molecule has 1 N–H and O–H groups in total. The second-order valence-electron chi connectivity index (χ2n) is 6.09. The smallest absolute Gasteiger partial charge is 0.326 e. The minimum Gasteiger partial charge on any atom is -0.480 e. The summed E-state index contributed by atoms with van der Waals surface area (Å²) in [7, 11) is -4.05. The summed E-state index contributed by atoms with van der Waals surface area (Å²) < 4.78 is 39.0. The van der Waals surface area contributed by atoms with Gasteiger partial charge in [-0.3, -0.25) is 4.79 Å². The Morgan fingerprint density at radius 3 is 2.20 bits per heavy atom. The van der Waals surface area contributed by atoms with Gasteiger partial charge in [-0.1, -0.05) is 29.8 Å². The number of carboxylic acids is 1. The molecule has 0 spiro atoms. The van der Waals surface area contributed by atoms with Crippen molar-refractivity contribution in [2.75, 3.05) is 0 Å². The lowest BCUT2D eigenvalue weighted by Crippen LogP contribution is -2.22. The average molecular weight is 359 g/mol. The predicted molar refractivity (Wildman–Crippen MR) is 87.0 cm³/mol. The molecule has 0 amide bonds. The van der Waals surface area contributed by atoms with E-state index in [-0.39, 0.29) is 4.90 Å². The van der Waals surface area contributed by atoms with Crippen molar-refractivity contribution < 1.29 is 22.7 Å². The van der Waals surface area contributed by atoms with Crippen molar-refractivity contribution in [1.82, 2.24) is 0 Å². The lowest BCUT2D eigenvalue weighted by molar-refractivity contribution is -0.141. The number of nitriles is 1. The van der Waals surface area contributed by atoms with E-state index in [0.717, 1.165) is 17.7 Å². The number of aliphatic carboxylic acids is 1. The summed E-state index contributed by atoms with van der Waals surface area (Å²) in [4.78, 5) is 11.7. The summed E-state index contributed by atoms with van der Waals surface area (Å²) in [6.07, 6.45) is 0. The number of carbonyl (C=O) groups is 1. The number of rotatable bonds is 4. The van der Waals surface area contributed by atoms with Crippen LogP contribution in [0.25, 0.3) is 0 Å². The second-order valence-corrected chi connectivity index (χ2v) is 8.16. The molecule has 0 unspecified atom stereocenters. The van der Waals surface area contributed by atoms with Gasteiger partial charge in [0, 0.05) is 5.92 Å². The van der Waals surface area contributed by atoms with Crippen LogP contribution in [-0.2, 0) is 14.6 Å². The van der Waals surface area contributed by atoms with Gasteiger partial charge in [-0.15, -0.1) is 0 Å². The molecule has 0 aliphatic heterocycles. The van der Waals surface area contributed by atoms with Crippen LogP contribution in [0.15, 0.2) is 53.4 Å². The third kappa shape index (κ3) is 2.50. The van der Waals surface area contributed by atoms with Crippen LogP contribution < -0.4 is 0 Å². The molecule has 0 bridgehead atoms. The maximum Gasteiger partial charge on any atom is 0.326 e. The number of benzene rings is 2. The third-order valence-electron chi connectivity index (χ3n) is 4.58. The summed E-state index contributed by atoms with van der Waals surface area (Å²) in [6, 6.07) is 12.6. The van der Waals surface area contributed by atoms with Crippen LogP contribution in [0.3, 0.4) is 0 Å². The number of carboxylic acid groups (broad SMARTS) is 1. The van der Waals surface area contributed by atoms with Crippen molar-refractivity contribution in [2.45, 2.75) is 23.0 Å². The molecule has 1 aliphatic rings. The highest BCUT2D eigenvalue weighted by atomic mass is 32.2. The monoisotopic (exact) mass is 359 g/mol. The van der Waals surface area contributed by atoms with Crippen LogP contribution in [0.4, 0.5) is 4.39 Å². The lowest BCUT2D eigenvalue weighted by atomic mass is 10.0. The SMILES string of the molecule is Cc1ccc(S(=O)(=O)[C@@H]2[C@@H](c3ccc(F)cc3)[C@]2(C#N)C(=O)O)cc1. The van der Waals surface area contributed by atoms with Crippen molar-refractivity contribution >= 4 is 15.8 Å². The molecule has 2 aromatic carbocycles. The number of hydrogen-bond acceptors (Lipinski definition) is 4. The van der Waals surface area contributed by atoms with Gasteiger partial charge in [0.1, 0.15) is 11.1 Å². The van der Waals surface area contributed by atoms with Crippen LogP contribution >= 0.6 is 0 Å². The van der Waals surface area contributed by atoms with Gasteiger partial charge in [-0.2, -0.15) is 5.26 Å². The predicted octanol–water partition coefficient (Wildman–Crippen LogP) is 2.67. The first kappa shape index (κ1) is 17.1. The normalized spacial score (nSPS) is 25.2. The standard InChI is InChI=1S/C18H14FNO4S/c1-11-2-8-14(9-3-11)25(23,24)16-15(18(16,10-20)17(21)22)12-4-6-13(19)7-5-12/h2-9,15-16H,1H3,(H,21,22)/t15-,16-,18+/m1/s1. The van der Waals surface area contributed by atoms with E-state index in [2.05, 4.69) is 0 Å². The Bertz CT molecular complexity index is 977. The molecule has 128 valence electrons. The van der Waals surface area contributed by atoms with Crippen LogP contribution in [0.2, 0.25) is 0 Å². The van der Waals surface area contributed by atoms with Gasteiger partial charge >= 0.3 is 5.97 Å². The first-order chi connectivity index (χ1) is 11.7. The Balaban J connectivity index is 2.12. The second kappa shape index (κ2) is 5.67. The minimum atomic E-state index is -4.05. The third-order valence-corrected chi connectivity index (χ3v) is 6.83. The van der Waals surface area contributed by atoms with Crippen molar-refractivity contribution in [1.29, 1.82) is 5.26 Å². The molecule has 3 rings (SSSR count). The maximum absolute atomic E-state index is 13.1. The van der Waals surface area contributed by atoms with Crippen molar-refractivity contribution in [3.05, 3.63) is 65.5 Å². The summed E-state index contributed by atoms with van der Waals surface area (Å²) in [6.45, 7) is 1.80. The Morgan fingerprint density at radius 2 is 1.72 bits per heavy atom. The topological polar surface area (TPSA) is 95.2 Å². The van der Waals surface area contributed by atoms with E-state index in [0.29, 0.717) is 5.56 Å². The number of halogens is 1. The number of aryl methyl sites for hydroxylation is 1. The van der Waals surface area contributed by atoms with Gasteiger partial charge in [0.05, 0.1) is 11.0 Å². The molecule has 2 aromatic rings. The molecule has 0 aromatic heterocycles. The van der Waals surface area contributed by atoms with E-state index in [1.165, 1.54) is 24.3 Å². The summed E-state index contributed by atoms with van der Waals surface area (Å²) in [5, 5.41) is 17.6. The number of nitrogens with zero attached hydrogens (tertiary/aromatic N) is 1. The molecule has 7 heteroatoms. The molecule has 0 heterocycles. The first-order valence-corrected chi connectivity index (χ1v) is 9.00. The Labute approximate surface area is 144 Å². The Kier molecular flexibility index (Phi) is 3.88. The fourth-order valence-corrected chi connectivity index (χ4v) is 5.45. The van der Waals surface area contributed by atoms with Crippen molar-refractivity contribution in [3.8, 4) is 6.07 Å². The van der Waals surface area contributed by atoms with Crippen molar-refractivity contribution in [2.24, 2.45) is 5.41 Å². The van der Waals surface area contributed by atoms with Gasteiger partial charge in [0.2, 0.25) is 0 Å². The quantitative estimate of drug-likeness (QED) is 0.905. The molecule has 0 radical (unpaired) electrons. The van der Waals surface area contributed by atoms with E-state index in [1.807, 2.05) is 0 Å². The molecule has 1 aliphatic carbocycles. The molecule has 25 heavy (non-hydrogen) atoms. The zero-order valence-corrected chi connectivity index (χ0v) is 14.0. The maximum atomic E-state index is 13.1. The summed E-state index contributed by atoms with van der Waals surface area (Å²) in [5.74, 6) is -3.08. The van der Waals surface area contributed by atoms with E-state index >= 15 is 0 Å². The highest BCUT2D eigenvalue weighted by Crippen LogP contribution is 2.63. The van der Waals surface area contributed by atoms with Crippen LogP contribution in [0.5, 0.6) is 0 Å². The fourth-order valence-electron chi connectivity index (χ4n) is 3.20. The lowest BCUT2D eigenvalue weighted by Gasteiger charge is -2.05. The summed E-state index contributed by atoms with van der Waals surface area (Å²) in [5.41, 5.74) is -0.915. The average Bonchev–Trinajstić information content (AvgIpc) is 3.27. The highest BCUT2D eigenvalue weighted by Gasteiger charge is 2.77. The van der Waals surface area contributed by atoms with Gasteiger partial charge in [0.25, 0.3) is 0 Å². The van der Waals surface area contributed by atoms with Gasteiger partial charge in [-0.05, 0) is 36.8 Å². The molecule has 0 saturated heterocycles. The minimum absolute atomic E-state index is 0.0337. The van der Waals surface area contributed by atoms with Gasteiger partial charge in [-0.25, -0.2) is 12.8 Å². The number of sulfone groups is 1. The van der Waals surface area contributed by atoms with Crippen LogP contribution in [0.1, 0.15) is 17.0 Å². The summed E-state index contributed by atoms with van der Waals surface area (Å²) >= 11 is 0. The highest BCUT2D eigenvalue weighted by molar-refractivity contribution is 7.92. The van der Waals surface area contributed by atoms with Gasteiger partial charge in [0.15, 0.2) is 15.3 Å². The number of hydrogen-bond donors (Lipinski definition) is 1. The molecule has 3 atom stereocenters.